The van der Waals surface area contributed by atoms with Crippen LogP contribution in [0.15, 0.2) is 23.8 Å². The molecule has 0 unspecified atom stereocenters. The first-order chi connectivity index (χ1) is 7.58. The normalized spacial score (nSPS) is 10.6. The van der Waals surface area contributed by atoms with Gasteiger partial charge in [-0.3, -0.25) is 4.79 Å². The second-order valence-electron chi connectivity index (χ2n) is 2.97. The van der Waals surface area contributed by atoms with Gasteiger partial charge in [-0.15, -0.1) is 0 Å². The van der Waals surface area contributed by atoms with Gasteiger partial charge in [0.15, 0.2) is 11.5 Å². The molecule has 5 heteroatoms. The van der Waals surface area contributed by atoms with Crippen molar-refractivity contribution in [1.29, 1.82) is 5.26 Å². The lowest BCUT2D eigenvalue weighted by Gasteiger charge is -2.03. The highest BCUT2D eigenvalue weighted by Crippen LogP contribution is 2.27. The molecular weight excluding hydrogens is 208 g/mol. The van der Waals surface area contributed by atoms with Gasteiger partial charge in [-0.2, -0.15) is 5.26 Å². The molecule has 0 heterocycles. The number of phenolic OH excluding ortho intramolecular Hbond substituents is 1. The average Bonchev–Trinajstić information content (AvgIpc) is 2.25. The molecule has 16 heavy (non-hydrogen) atoms. The zero-order chi connectivity index (χ0) is 12.1. The van der Waals surface area contributed by atoms with Crippen molar-refractivity contribution in [2.24, 2.45) is 5.73 Å². The van der Waals surface area contributed by atoms with E-state index in [2.05, 4.69) is 0 Å². The number of carbonyl (C=O) groups excluding carboxylic acids is 1. The third-order valence-electron chi connectivity index (χ3n) is 1.90. The fraction of sp³-hybridized carbons (Fsp3) is 0.0909. The molecule has 0 aliphatic rings. The van der Waals surface area contributed by atoms with Gasteiger partial charge in [-0.1, -0.05) is 6.07 Å². The molecule has 5 nitrogen and oxygen atoms in total. The molecule has 1 rings (SSSR count). The van der Waals surface area contributed by atoms with E-state index in [4.69, 9.17) is 15.7 Å². The molecule has 1 aromatic rings. The van der Waals surface area contributed by atoms with Crippen molar-refractivity contribution in [3.63, 3.8) is 0 Å². The largest absolute Gasteiger partial charge is 0.504 e. The number of aromatic hydroxyl groups is 1. The third-order valence-corrected chi connectivity index (χ3v) is 1.90. The number of hydrogen-bond acceptors (Lipinski definition) is 4. The van der Waals surface area contributed by atoms with E-state index in [1.165, 1.54) is 25.3 Å². The molecule has 1 aromatic carbocycles. The third kappa shape index (κ3) is 2.51. The molecular formula is C11H10N2O3. The van der Waals surface area contributed by atoms with E-state index < -0.39 is 5.91 Å². The van der Waals surface area contributed by atoms with Crippen molar-refractivity contribution < 1.29 is 14.6 Å². The maximum absolute atomic E-state index is 10.8. The fourth-order valence-electron chi connectivity index (χ4n) is 1.12. The van der Waals surface area contributed by atoms with Gasteiger partial charge in [0.1, 0.15) is 11.6 Å². The van der Waals surface area contributed by atoms with E-state index in [1.54, 1.807) is 12.1 Å². The Morgan fingerprint density at radius 2 is 2.31 bits per heavy atom. The number of nitriles is 1. The second-order valence-corrected chi connectivity index (χ2v) is 2.97. The first-order valence-electron chi connectivity index (χ1n) is 4.37. The average molecular weight is 218 g/mol. The van der Waals surface area contributed by atoms with Gasteiger partial charge >= 0.3 is 0 Å². The van der Waals surface area contributed by atoms with Crippen molar-refractivity contribution >= 4 is 12.0 Å². The predicted octanol–water partition coefficient (Wildman–Crippen LogP) is 0.793. The summed E-state index contributed by atoms with van der Waals surface area (Å²) in [5.74, 6) is -0.564. The summed E-state index contributed by atoms with van der Waals surface area (Å²) in [5, 5.41) is 18.1. The van der Waals surface area contributed by atoms with Gasteiger partial charge in [-0.05, 0) is 23.8 Å². The van der Waals surface area contributed by atoms with Crippen molar-refractivity contribution in [3.05, 3.63) is 29.3 Å². The summed E-state index contributed by atoms with van der Waals surface area (Å²) in [7, 11) is 1.43. The molecule has 0 spiro atoms. The Hall–Kier alpha value is -2.48. The van der Waals surface area contributed by atoms with Crippen LogP contribution in [0.25, 0.3) is 6.08 Å². The van der Waals surface area contributed by atoms with Crippen LogP contribution in [0.3, 0.4) is 0 Å². The molecule has 0 saturated carbocycles. The van der Waals surface area contributed by atoms with Gasteiger partial charge < -0.3 is 15.6 Å². The number of nitrogens with two attached hydrogens (primary N) is 1. The summed E-state index contributed by atoms with van der Waals surface area (Å²) in [6.45, 7) is 0. The van der Waals surface area contributed by atoms with Gasteiger partial charge in [0.2, 0.25) is 0 Å². The minimum atomic E-state index is -0.808. The smallest absolute Gasteiger partial charge is 0.259 e. The van der Waals surface area contributed by atoms with Crippen LogP contribution < -0.4 is 10.5 Å². The number of primary amides is 1. The molecule has 0 aromatic heterocycles. The van der Waals surface area contributed by atoms with Crippen LogP contribution in [0.2, 0.25) is 0 Å². The molecule has 0 bridgehead atoms. The Kier molecular flexibility index (Phi) is 3.51. The van der Waals surface area contributed by atoms with Crippen LogP contribution in [0, 0.1) is 11.3 Å². The van der Waals surface area contributed by atoms with Crippen molar-refractivity contribution in [2.75, 3.05) is 7.11 Å². The number of ether oxygens (including phenoxy) is 1. The van der Waals surface area contributed by atoms with Gasteiger partial charge in [-0.25, -0.2) is 0 Å². The first kappa shape index (κ1) is 11.6. The second kappa shape index (κ2) is 4.84. The summed E-state index contributed by atoms with van der Waals surface area (Å²) >= 11 is 0. The summed E-state index contributed by atoms with van der Waals surface area (Å²) in [6.07, 6.45) is 1.29. The summed E-state index contributed by atoms with van der Waals surface area (Å²) in [6, 6.07) is 6.17. The fourth-order valence-corrected chi connectivity index (χ4v) is 1.12. The predicted molar refractivity (Wildman–Crippen MR) is 57.4 cm³/mol. The zero-order valence-corrected chi connectivity index (χ0v) is 8.60. The van der Waals surface area contributed by atoms with E-state index in [1.807, 2.05) is 0 Å². The van der Waals surface area contributed by atoms with Gasteiger partial charge in [0, 0.05) is 0 Å². The maximum atomic E-state index is 10.8. The first-order valence-corrected chi connectivity index (χ1v) is 4.37. The van der Waals surface area contributed by atoms with E-state index in [0.717, 1.165) is 0 Å². The lowest BCUT2D eigenvalue weighted by molar-refractivity contribution is -0.114. The van der Waals surface area contributed by atoms with E-state index in [9.17, 15) is 9.90 Å². The summed E-state index contributed by atoms with van der Waals surface area (Å²) in [4.78, 5) is 10.8. The minimum absolute atomic E-state index is 0.0713. The highest BCUT2D eigenvalue weighted by atomic mass is 16.5. The lowest BCUT2D eigenvalue weighted by atomic mass is 10.1. The van der Waals surface area contributed by atoms with Crippen LogP contribution in [-0.2, 0) is 4.79 Å². The van der Waals surface area contributed by atoms with Gasteiger partial charge in [0.05, 0.1) is 7.11 Å². The SMILES string of the molecule is COc1ccc(/C=C(/C#N)C(N)=O)cc1O. The zero-order valence-electron chi connectivity index (χ0n) is 8.60. The maximum Gasteiger partial charge on any atom is 0.259 e. The Morgan fingerprint density at radius 1 is 1.62 bits per heavy atom. The summed E-state index contributed by atoms with van der Waals surface area (Å²) < 4.78 is 4.85. The van der Waals surface area contributed by atoms with Crippen LogP contribution in [0.4, 0.5) is 0 Å². The Bertz CT molecular complexity index is 486. The van der Waals surface area contributed by atoms with Crippen molar-refractivity contribution in [2.45, 2.75) is 0 Å². The van der Waals surface area contributed by atoms with Crippen LogP contribution in [0.1, 0.15) is 5.56 Å². The number of benzene rings is 1. The van der Waals surface area contributed by atoms with E-state index in [0.29, 0.717) is 11.3 Å². The topological polar surface area (TPSA) is 96.3 Å². The lowest BCUT2D eigenvalue weighted by Crippen LogP contribution is -2.12. The van der Waals surface area contributed by atoms with Crippen LogP contribution >= 0.6 is 0 Å². The molecule has 0 saturated heterocycles. The van der Waals surface area contributed by atoms with E-state index >= 15 is 0 Å². The van der Waals surface area contributed by atoms with Crippen LogP contribution in [0.5, 0.6) is 11.5 Å². The molecule has 0 aliphatic heterocycles. The number of carbonyl (C=O) groups is 1. The monoisotopic (exact) mass is 218 g/mol. The van der Waals surface area contributed by atoms with Crippen molar-refractivity contribution in [3.8, 4) is 17.6 Å². The molecule has 0 atom stereocenters. The highest BCUT2D eigenvalue weighted by molar-refractivity contribution is 6.00. The quantitative estimate of drug-likeness (QED) is 0.579. The Balaban J connectivity index is 3.12. The number of amides is 1. The molecule has 1 amide bonds. The number of phenols is 1. The number of methoxy groups -OCH3 is 1. The highest BCUT2D eigenvalue weighted by Gasteiger charge is 2.05. The molecule has 0 radical (unpaired) electrons. The number of rotatable bonds is 3. The number of nitrogens with zero attached hydrogens (tertiary/aromatic N) is 1. The van der Waals surface area contributed by atoms with Crippen LogP contribution in [-0.4, -0.2) is 18.1 Å². The molecule has 0 aliphatic carbocycles. The van der Waals surface area contributed by atoms with Crippen molar-refractivity contribution in [1.82, 2.24) is 0 Å². The van der Waals surface area contributed by atoms with Gasteiger partial charge in [0.25, 0.3) is 5.91 Å². The molecule has 82 valence electrons. The standard InChI is InChI=1S/C11H10N2O3/c1-16-10-3-2-7(5-9(10)14)4-8(6-12)11(13)15/h2-5,14H,1H3,(H2,13,15)/b8-4-. The summed E-state index contributed by atoms with van der Waals surface area (Å²) in [5.41, 5.74) is 5.29. The van der Waals surface area contributed by atoms with E-state index in [-0.39, 0.29) is 11.3 Å². The minimum Gasteiger partial charge on any atom is -0.504 e. The molecule has 3 N–H and O–H groups in total. The Labute approximate surface area is 92.4 Å². The number of hydrogen-bond donors (Lipinski definition) is 2. The Morgan fingerprint density at radius 3 is 2.75 bits per heavy atom. The molecule has 0 fully saturated rings.